The van der Waals surface area contributed by atoms with E-state index >= 15 is 0 Å². The third kappa shape index (κ3) is 6.43. The molecular weight excluding hydrogens is 626 g/mol. The number of allylic oxidation sites excluding steroid dienone is 1. The molecule has 0 radical (unpaired) electrons. The fraction of sp³-hybridized carbons (Fsp3) is 0.257. The summed E-state index contributed by atoms with van der Waals surface area (Å²) in [5.41, 5.74) is 3.50. The monoisotopic (exact) mass is 657 g/mol. The van der Waals surface area contributed by atoms with Crippen molar-refractivity contribution in [3.8, 4) is 0 Å². The highest BCUT2D eigenvalue weighted by atomic mass is 35.5. The molecule has 3 aromatic carbocycles. The molecule has 3 amide bonds. The molecule has 12 heteroatoms. The third-order valence-electron chi connectivity index (χ3n) is 8.07. The summed E-state index contributed by atoms with van der Waals surface area (Å²) in [6, 6.07) is 17.0. The van der Waals surface area contributed by atoms with Crippen LogP contribution in [0.2, 0.25) is 5.02 Å². The molecule has 0 saturated heterocycles. The highest BCUT2D eigenvalue weighted by Crippen LogP contribution is 2.37. The molecule has 4 aromatic rings. The van der Waals surface area contributed by atoms with Gasteiger partial charge in [0.25, 0.3) is 17.7 Å². The maximum Gasteiger partial charge on any atom is 0.290 e. The van der Waals surface area contributed by atoms with Crippen LogP contribution in [0, 0.1) is 6.92 Å². The van der Waals surface area contributed by atoms with Gasteiger partial charge in [-0.25, -0.2) is 4.90 Å². The molecule has 2 atom stereocenters. The van der Waals surface area contributed by atoms with Gasteiger partial charge < -0.3 is 24.6 Å². The second-order valence-electron chi connectivity index (χ2n) is 11.2. The standard InChI is InChI=1S/C35H32ClN3O8/c1-20-15-24(8-10-29(20)39-34(43)26-9-7-23(36)18-27(26)35(39)44)37-33(42)31-16-22(17-32(47-31)46-14-13-45-12-11-40)28-19-38(21(2)41)30-6-4-3-5-25(28)30/h3-10,15-16,18-19,22,32,40H,11-14,17H2,1-2H3,(H,37,42). The number of imide groups is 1. The number of benzene rings is 3. The van der Waals surface area contributed by atoms with Crippen molar-refractivity contribution >= 4 is 57.5 Å². The Hall–Kier alpha value is -4.81. The van der Waals surface area contributed by atoms with Crippen LogP contribution in [0.1, 0.15) is 55.9 Å². The normalized spacial score (nSPS) is 17.4. The molecule has 2 aliphatic heterocycles. The van der Waals surface area contributed by atoms with Crippen LogP contribution in [-0.4, -0.2) is 66.0 Å². The van der Waals surface area contributed by atoms with Gasteiger partial charge in [0.1, 0.15) is 0 Å². The van der Waals surface area contributed by atoms with Crippen LogP contribution in [0.25, 0.3) is 10.9 Å². The van der Waals surface area contributed by atoms with Crippen LogP contribution in [0.4, 0.5) is 11.4 Å². The van der Waals surface area contributed by atoms with Crippen molar-refractivity contribution in [2.45, 2.75) is 32.5 Å². The van der Waals surface area contributed by atoms with E-state index in [2.05, 4.69) is 5.32 Å². The first-order valence-electron chi connectivity index (χ1n) is 15.1. The molecular formula is C35H32ClN3O8. The van der Waals surface area contributed by atoms with Gasteiger partial charge in [-0.3, -0.25) is 23.7 Å². The van der Waals surface area contributed by atoms with E-state index in [1.54, 1.807) is 48.0 Å². The van der Waals surface area contributed by atoms with E-state index in [4.69, 9.17) is 30.9 Å². The second-order valence-corrected chi connectivity index (χ2v) is 11.6. The Morgan fingerprint density at radius 3 is 2.57 bits per heavy atom. The van der Waals surface area contributed by atoms with Gasteiger partial charge in [0, 0.05) is 41.6 Å². The van der Waals surface area contributed by atoms with Crippen LogP contribution in [0.3, 0.4) is 0 Å². The molecule has 2 unspecified atom stereocenters. The van der Waals surface area contributed by atoms with E-state index in [0.717, 1.165) is 21.4 Å². The van der Waals surface area contributed by atoms with E-state index < -0.39 is 24.0 Å². The summed E-state index contributed by atoms with van der Waals surface area (Å²) >= 11 is 6.06. The maximum atomic E-state index is 13.6. The SMILES string of the molecule is CC(=O)n1cc(C2C=C(C(=O)Nc3ccc(N4C(=O)c5ccc(Cl)cc5C4=O)c(C)c3)OC(OCCOCCO)C2)c2ccccc21. The van der Waals surface area contributed by atoms with Crippen molar-refractivity contribution in [3.63, 3.8) is 0 Å². The number of nitrogens with zero attached hydrogens (tertiary/aromatic N) is 2. The van der Waals surface area contributed by atoms with E-state index in [1.807, 2.05) is 24.3 Å². The number of fused-ring (bicyclic) bond motifs is 2. The number of ether oxygens (including phenoxy) is 3. The summed E-state index contributed by atoms with van der Waals surface area (Å²) in [5, 5.41) is 13.0. The number of carbonyl (C=O) groups excluding carboxylic acids is 4. The van der Waals surface area contributed by atoms with Gasteiger partial charge in [0.15, 0.2) is 5.76 Å². The summed E-state index contributed by atoms with van der Waals surface area (Å²) in [7, 11) is 0. The van der Waals surface area contributed by atoms with Crippen molar-refractivity contribution in [2.24, 2.45) is 0 Å². The Balaban J connectivity index is 1.25. The van der Waals surface area contributed by atoms with Crippen molar-refractivity contribution < 1.29 is 38.5 Å². The molecule has 0 aliphatic carbocycles. The smallest absolute Gasteiger partial charge is 0.290 e. The molecule has 0 bridgehead atoms. The van der Waals surface area contributed by atoms with Crippen molar-refractivity contribution in [1.82, 2.24) is 4.57 Å². The summed E-state index contributed by atoms with van der Waals surface area (Å²) < 4.78 is 18.8. The topological polar surface area (TPSA) is 136 Å². The quantitative estimate of drug-likeness (QED) is 0.170. The molecule has 6 rings (SSSR count). The molecule has 0 spiro atoms. The maximum absolute atomic E-state index is 13.6. The van der Waals surface area contributed by atoms with Crippen molar-refractivity contribution in [1.29, 1.82) is 0 Å². The number of hydrogen-bond acceptors (Lipinski definition) is 8. The number of nitrogens with one attached hydrogen (secondary N) is 1. The predicted octanol–water partition coefficient (Wildman–Crippen LogP) is 5.44. The summed E-state index contributed by atoms with van der Waals surface area (Å²) in [6.07, 6.45) is 3.08. The number of carbonyl (C=O) groups is 4. The average Bonchev–Trinajstić information content (AvgIpc) is 3.56. The summed E-state index contributed by atoms with van der Waals surface area (Å²) in [6.45, 7) is 3.70. The number of anilines is 2. The Kier molecular flexibility index (Phi) is 9.24. The Bertz CT molecular complexity index is 1930. The van der Waals surface area contributed by atoms with Crippen LogP contribution in [-0.2, 0) is 19.0 Å². The van der Waals surface area contributed by atoms with Gasteiger partial charge in [0.2, 0.25) is 12.2 Å². The van der Waals surface area contributed by atoms with Crippen molar-refractivity contribution in [3.05, 3.63) is 106 Å². The molecule has 0 saturated carbocycles. The molecule has 47 heavy (non-hydrogen) atoms. The molecule has 11 nitrogen and oxygen atoms in total. The second kappa shape index (κ2) is 13.5. The molecule has 0 fully saturated rings. The van der Waals surface area contributed by atoms with Crippen LogP contribution in [0.15, 0.2) is 78.7 Å². The first kappa shape index (κ1) is 32.1. The first-order valence-corrected chi connectivity index (χ1v) is 15.4. The van der Waals surface area contributed by atoms with Crippen LogP contribution < -0.4 is 10.2 Å². The highest BCUT2D eigenvalue weighted by Gasteiger charge is 2.37. The largest absolute Gasteiger partial charge is 0.459 e. The minimum Gasteiger partial charge on any atom is -0.459 e. The number of para-hydroxylation sites is 1. The number of hydrogen-bond donors (Lipinski definition) is 2. The van der Waals surface area contributed by atoms with Crippen molar-refractivity contribution in [2.75, 3.05) is 36.6 Å². The van der Waals surface area contributed by atoms with Gasteiger partial charge in [-0.1, -0.05) is 29.8 Å². The molecule has 1 aromatic heterocycles. The zero-order chi connectivity index (χ0) is 33.2. The molecule has 2 aliphatic rings. The summed E-state index contributed by atoms with van der Waals surface area (Å²) in [5.74, 6) is -1.90. The lowest BCUT2D eigenvalue weighted by atomic mass is 9.92. The summed E-state index contributed by atoms with van der Waals surface area (Å²) in [4.78, 5) is 53.3. The fourth-order valence-corrected chi connectivity index (χ4v) is 6.08. The van der Waals surface area contributed by atoms with Crippen LogP contribution >= 0.6 is 11.6 Å². The lowest BCUT2D eigenvalue weighted by Crippen LogP contribution is -2.31. The first-order chi connectivity index (χ1) is 22.7. The van der Waals surface area contributed by atoms with E-state index in [0.29, 0.717) is 28.4 Å². The van der Waals surface area contributed by atoms with Gasteiger partial charge in [-0.2, -0.15) is 0 Å². The lowest BCUT2D eigenvalue weighted by Gasteiger charge is -2.29. The number of aryl methyl sites for hydroxylation is 1. The number of aliphatic hydroxyl groups excluding tert-OH is 1. The third-order valence-corrected chi connectivity index (χ3v) is 8.31. The number of aliphatic hydroxyl groups is 1. The molecule has 2 N–H and O–H groups in total. The van der Waals surface area contributed by atoms with Gasteiger partial charge in [-0.05, 0) is 66.6 Å². The number of rotatable bonds is 10. The van der Waals surface area contributed by atoms with E-state index in [-0.39, 0.29) is 55.1 Å². The Labute approximate surface area is 275 Å². The fourth-order valence-electron chi connectivity index (χ4n) is 5.91. The van der Waals surface area contributed by atoms with Gasteiger partial charge in [0.05, 0.1) is 48.8 Å². The van der Waals surface area contributed by atoms with Gasteiger partial charge in [-0.15, -0.1) is 0 Å². The lowest BCUT2D eigenvalue weighted by molar-refractivity contribution is -0.148. The zero-order valence-corrected chi connectivity index (χ0v) is 26.5. The minimum atomic E-state index is -0.797. The molecule has 3 heterocycles. The Morgan fingerprint density at radius 2 is 1.81 bits per heavy atom. The van der Waals surface area contributed by atoms with E-state index in [1.165, 1.54) is 19.1 Å². The highest BCUT2D eigenvalue weighted by molar-refractivity contribution is 6.37. The molecule has 242 valence electrons. The zero-order valence-electron chi connectivity index (χ0n) is 25.7. The van der Waals surface area contributed by atoms with Gasteiger partial charge >= 0.3 is 0 Å². The van der Waals surface area contributed by atoms with E-state index in [9.17, 15) is 19.2 Å². The number of amides is 3. The number of aromatic nitrogens is 1. The minimum absolute atomic E-state index is 0.0288. The predicted molar refractivity (Wildman–Crippen MR) is 175 cm³/mol. The Morgan fingerprint density at radius 1 is 1.02 bits per heavy atom. The van der Waals surface area contributed by atoms with Crippen LogP contribution in [0.5, 0.6) is 0 Å². The average molecular weight is 658 g/mol. The number of halogens is 1.